The van der Waals surface area contributed by atoms with Crippen LogP contribution in [-0.2, 0) is 6.42 Å². The summed E-state index contributed by atoms with van der Waals surface area (Å²) in [5.74, 6) is 1.74. The molecule has 0 saturated heterocycles. The van der Waals surface area contributed by atoms with Gasteiger partial charge < -0.3 is 4.90 Å². The van der Waals surface area contributed by atoms with E-state index in [1.807, 2.05) is 0 Å². The minimum absolute atomic E-state index is 0.731. The van der Waals surface area contributed by atoms with Gasteiger partial charge in [-0.15, -0.1) is 0 Å². The Kier molecular flexibility index (Phi) is 4.78. The van der Waals surface area contributed by atoms with Crippen molar-refractivity contribution in [1.29, 1.82) is 0 Å². The summed E-state index contributed by atoms with van der Waals surface area (Å²) >= 11 is 4.49. The van der Waals surface area contributed by atoms with Gasteiger partial charge in [-0.3, -0.25) is 0 Å². The normalized spacial score (nSPS) is 16.7. The third-order valence-electron chi connectivity index (χ3n) is 3.64. The van der Waals surface area contributed by atoms with E-state index in [2.05, 4.69) is 48.7 Å². The number of hydrogen-bond acceptors (Lipinski definition) is 2. The van der Waals surface area contributed by atoms with Gasteiger partial charge in [-0.2, -0.15) is 12.6 Å². The van der Waals surface area contributed by atoms with Crippen molar-refractivity contribution in [2.75, 3.05) is 23.7 Å². The second kappa shape index (κ2) is 6.34. The van der Waals surface area contributed by atoms with Gasteiger partial charge in [0.05, 0.1) is 0 Å². The maximum Gasteiger partial charge on any atom is 0.0398 e. The highest BCUT2D eigenvalue weighted by Crippen LogP contribution is 2.28. The minimum Gasteiger partial charge on any atom is -0.371 e. The highest BCUT2D eigenvalue weighted by Gasteiger charge is 2.18. The van der Waals surface area contributed by atoms with Gasteiger partial charge in [0.15, 0.2) is 0 Å². The first-order valence-electron chi connectivity index (χ1n) is 6.79. The quantitative estimate of drug-likeness (QED) is 0.777. The van der Waals surface area contributed by atoms with Gasteiger partial charge in [-0.1, -0.05) is 31.5 Å². The Morgan fingerprint density at radius 3 is 2.94 bits per heavy atom. The molecule has 0 bridgehead atoms. The van der Waals surface area contributed by atoms with Gasteiger partial charge in [-0.25, -0.2) is 0 Å². The molecule has 0 amide bonds. The summed E-state index contributed by atoms with van der Waals surface area (Å²) in [5.41, 5.74) is 2.98. The van der Waals surface area contributed by atoms with Crippen molar-refractivity contribution in [1.82, 2.24) is 0 Å². The Morgan fingerprint density at radius 1 is 1.35 bits per heavy atom. The molecule has 0 radical (unpaired) electrons. The van der Waals surface area contributed by atoms with Crippen LogP contribution in [0.2, 0.25) is 0 Å². The standard InChI is InChI=1S/C15H23NS/c1-2-6-13(12-17)11-16-10-5-8-14-7-3-4-9-15(14)16/h3-4,7,9,13,17H,2,5-6,8,10-12H2,1H3. The molecule has 17 heavy (non-hydrogen) atoms. The lowest BCUT2D eigenvalue weighted by Crippen LogP contribution is -2.34. The second-order valence-corrected chi connectivity index (χ2v) is 5.38. The van der Waals surface area contributed by atoms with Gasteiger partial charge in [0.1, 0.15) is 0 Å². The average Bonchev–Trinajstić information content (AvgIpc) is 2.38. The molecule has 1 nitrogen and oxygen atoms in total. The summed E-state index contributed by atoms with van der Waals surface area (Å²) in [6.45, 7) is 4.65. The van der Waals surface area contributed by atoms with Gasteiger partial charge in [0.2, 0.25) is 0 Å². The van der Waals surface area contributed by atoms with E-state index in [-0.39, 0.29) is 0 Å². The summed E-state index contributed by atoms with van der Waals surface area (Å²) in [6.07, 6.45) is 5.09. The van der Waals surface area contributed by atoms with E-state index in [1.54, 1.807) is 0 Å². The van der Waals surface area contributed by atoms with E-state index < -0.39 is 0 Å². The van der Waals surface area contributed by atoms with Crippen molar-refractivity contribution in [3.63, 3.8) is 0 Å². The van der Waals surface area contributed by atoms with Gasteiger partial charge in [-0.05, 0) is 42.6 Å². The number of hydrogen-bond donors (Lipinski definition) is 1. The molecule has 1 atom stereocenters. The summed E-state index contributed by atoms with van der Waals surface area (Å²) < 4.78 is 0. The van der Waals surface area contributed by atoms with E-state index >= 15 is 0 Å². The lowest BCUT2D eigenvalue weighted by atomic mass is 9.99. The van der Waals surface area contributed by atoms with Crippen LogP contribution in [0.15, 0.2) is 24.3 Å². The molecule has 0 aliphatic carbocycles. The molecule has 0 fully saturated rings. The van der Waals surface area contributed by atoms with Crippen LogP contribution < -0.4 is 4.90 Å². The molecule has 0 spiro atoms. The number of anilines is 1. The fraction of sp³-hybridized carbons (Fsp3) is 0.600. The summed E-state index contributed by atoms with van der Waals surface area (Å²) in [7, 11) is 0. The van der Waals surface area contributed by atoms with E-state index in [9.17, 15) is 0 Å². The largest absolute Gasteiger partial charge is 0.371 e. The van der Waals surface area contributed by atoms with Gasteiger partial charge >= 0.3 is 0 Å². The third kappa shape index (κ3) is 3.19. The Hall–Kier alpha value is -0.630. The van der Waals surface area contributed by atoms with Gasteiger partial charge in [0, 0.05) is 18.8 Å². The molecule has 0 aromatic heterocycles. The molecule has 1 aliphatic rings. The maximum absolute atomic E-state index is 4.49. The molecule has 1 aliphatic heterocycles. The maximum atomic E-state index is 4.49. The molecule has 0 N–H and O–H groups in total. The average molecular weight is 249 g/mol. The van der Waals surface area contributed by atoms with E-state index in [0.29, 0.717) is 0 Å². The van der Waals surface area contributed by atoms with Crippen LogP contribution in [0.4, 0.5) is 5.69 Å². The molecular weight excluding hydrogens is 226 g/mol. The summed E-state index contributed by atoms with van der Waals surface area (Å²) in [4.78, 5) is 2.56. The molecule has 1 aromatic carbocycles. The smallest absolute Gasteiger partial charge is 0.0398 e. The monoisotopic (exact) mass is 249 g/mol. The van der Waals surface area contributed by atoms with Crippen LogP contribution in [-0.4, -0.2) is 18.8 Å². The van der Waals surface area contributed by atoms with E-state index in [4.69, 9.17) is 0 Å². The minimum atomic E-state index is 0.731. The first kappa shape index (κ1) is 12.8. The summed E-state index contributed by atoms with van der Waals surface area (Å²) in [6, 6.07) is 8.87. The Bertz CT molecular complexity index is 351. The predicted molar refractivity (Wildman–Crippen MR) is 79.2 cm³/mol. The highest BCUT2D eigenvalue weighted by atomic mass is 32.1. The second-order valence-electron chi connectivity index (χ2n) is 5.02. The number of rotatable bonds is 5. The lowest BCUT2D eigenvalue weighted by molar-refractivity contribution is 0.510. The topological polar surface area (TPSA) is 3.24 Å². The lowest BCUT2D eigenvalue weighted by Gasteiger charge is -2.34. The Labute approximate surface area is 111 Å². The van der Waals surface area contributed by atoms with Crippen LogP contribution in [0.25, 0.3) is 0 Å². The number of nitrogens with zero attached hydrogens (tertiary/aromatic N) is 1. The molecule has 1 heterocycles. The Morgan fingerprint density at radius 2 is 2.18 bits per heavy atom. The highest BCUT2D eigenvalue weighted by molar-refractivity contribution is 7.80. The molecule has 2 heteroatoms. The van der Waals surface area contributed by atoms with Crippen molar-refractivity contribution in [2.45, 2.75) is 32.6 Å². The fourth-order valence-corrected chi connectivity index (χ4v) is 3.06. The first-order chi connectivity index (χ1) is 8.35. The molecule has 0 saturated carbocycles. The van der Waals surface area contributed by atoms with Crippen molar-refractivity contribution in [3.8, 4) is 0 Å². The van der Waals surface area contributed by atoms with Crippen LogP contribution in [0.5, 0.6) is 0 Å². The van der Waals surface area contributed by atoms with Crippen LogP contribution in [0.1, 0.15) is 31.7 Å². The third-order valence-corrected chi connectivity index (χ3v) is 4.16. The SMILES string of the molecule is CCCC(CS)CN1CCCc2ccccc21. The van der Waals surface area contributed by atoms with Crippen molar-refractivity contribution in [2.24, 2.45) is 5.92 Å². The molecular formula is C15H23NS. The van der Waals surface area contributed by atoms with Gasteiger partial charge in [0.25, 0.3) is 0 Å². The summed E-state index contributed by atoms with van der Waals surface area (Å²) in [5, 5.41) is 0. The zero-order valence-electron chi connectivity index (χ0n) is 10.7. The Balaban J connectivity index is 2.07. The number of fused-ring (bicyclic) bond motifs is 1. The molecule has 1 aromatic rings. The van der Waals surface area contributed by atoms with E-state index in [0.717, 1.165) is 11.7 Å². The predicted octanol–water partition coefficient (Wildman–Crippen LogP) is 3.79. The number of para-hydroxylation sites is 1. The van der Waals surface area contributed by atoms with Crippen LogP contribution in [0.3, 0.4) is 0 Å². The van der Waals surface area contributed by atoms with Crippen molar-refractivity contribution < 1.29 is 0 Å². The molecule has 94 valence electrons. The number of aryl methyl sites for hydroxylation is 1. The van der Waals surface area contributed by atoms with Crippen molar-refractivity contribution in [3.05, 3.63) is 29.8 Å². The van der Waals surface area contributed by atoms with E-state index in [1.165, 1.54) is 50.0 Å². The fourth-order valence-electron chi connectivity index (χ4n) is 2.76. The molecule has 1 unspecified atom stereocenters. The molecule has 2 rings (SSSR count). The zero-order chi connectivity index (χ0) is 12.1. The first-order valence-corrected chi connectivity index (χ1v) is 7.42. The number of benzene rings is 1. The van der Waals surface area contributed by atoms with Crippen LogP contribution >= 0.6 is 12.6 Å². The van der Waals surface area contributed by atoms with Crippen molar-refractivity contribution >= 4 is 18.3 Å². The van der Waals surface area contributed by atoms with Crippen LogP contribution in [0, 0.1) is 5.92 Å². The number of thiol groups is 1. The zero-order valence-corrected chi connectivity index (χ0v) is 11.6.